The van der Waals surface area contributed by atoms with Gasteiger partial charge in [-0.1, -0.05) is 24.3 Å². The van der Waals surface area contributed by atoms with Crippen molar-refractivity contribution < 1.29 is 18.0 Å². The average molecular weight is 505 g/mol. The van der Waals surface area contributed by atoms with Crippen molar-refractivity contribution in [1.82, 2.24) is 29.2 Å². The smallest absolute Gasteiger partial charge is 0.320 e. The van der Waals surface area contributed by atoms with Crippen LogP contribution in [0.25, 0.3) is 33.3 Å². The first kappa shape index (κ1) is 23.2. The number of aryl methyl sites for hydroxylation is 1. The second kappa shape index (κ2) is 9.02. The number of pyridine rings is 1. The number of carbonyl (C=O) groups is 1. The Kier molecular flexibility index (Phi) is 5.66. The van der Waals surface area contributed by atoms with E-state index in [0.717, 1.165) is 4.57 Å². The van der Waals surface area contributed by atoms with Crippen molar-refractivity contribution in [2.45, 2.75) is 25.3 Å². The Hall–Kier alpha value is -4.21. The summed E-state index contributed by atoms with van der Waals surface area (Å²) < 4.78 is 44.1. The molecule has 1 amide bonds. The molecule has 4 heterocycles. The Morgan fingerprint density at radius 2 is 1.81 bits per heavy atom. The number of hydrogen-bond acceptors (Lipinski definition) is 4. The molecule has 5 aromatic rings. The monoisotopic (exact) mass is 504 g/mol. The predicted octanol–water partition coefficient (Wildman–Crippen LogP) is 5.54. The van der Waals surface area contributed by atoms with Crippen LogP contribution in [0.15, 0.2) is 60.8 Å². The highest BCUT2D eigenvalue weighted by atomic mass is 19.3. The molecular weight excluding hydrogens is 481 g/mol. The number of benzene rings is 2. The molecule has 1 aliphatic rings. The minimum absolute atomic E-state index is 0.169. The molecule has 7 nitrogen and oxygen atoms in total. The zero-order valence-electron chi connectivity index (χ0n) is 20.0. The zero-order chi connectivity index (χ0) is 25.7. The molecule has 0 atom stereocenters. The zero-order valence-corrected chi connectivity index (χ0v) is 20.0. The number of nitrogens with zero attached hydrogens (tertiary/aromatic N) is 6. The third-order valence-corrected chi connectivity index (χ3v) is 7.00. The van der Waals surface area contributed by atoms with Gasteiger partial charge in [-0.05, 0) is 43.2 Å². The number of likely N-dealkylation sites (tertiary alicyclic amines) is 1. The van der Waals surface area contributed by atoms with Gasteiger partial charge in [0.15, 0.2) is 0 Å². The van der Waals surface area contributed by atoms with Crippen molar-refractivity contribution in [3.8, 4) is 11.3 Å². The van der Waals surface area contributed by atoms with Crippen LogP contribution in [0.2, 0.25) is 0 Å². The summed E-state index contributed by atoms with van der Waals surface area (Å²) in [5.74, 6) is -0.345. The van der Waals surface area contributed by atoms with Gasteiger partial charge in [-0.25, -0.2) is 9.37 Å². The number of hydrogen-bond donors (Lipinski definition) is 0. The van der Waals surface area contributed by atoms with Gasteiger partial charge < -0.3 is 4.90 Å². The molecule has 0 bridgehead atoms. The third kappa shape index (κ3) is 4.02. The largest absolute Gasteiger partial charge is 0.339 e. The number of para-hydroxylation sites is 2. The Balaban J connectivity index is 1.23. The number of amides is 1. The molecule has 0 aliphatic carbocycles. The fourth-order valence-electron chi connectivity index (χ4n) is 5.16. The number of aromatic nitrogens is 5. The van der Waals surface area contributed by atoms with Crippen LogP contribution < -0.4 is 0 Å². The lowest BCUT2D eigenvalue weighted by Crippen LogP contribution is -2.38. The fourth-order valence-corrected chi connectivity index (χ4v) is 5.16. The first-order chi connectivity index (χ1) is 17.9. The summed E-state index contributed by atoms with van der Waals surface area (Å²) in [6, 6.07) is 14.8. The summed E-state index contributed by atoms with van der Waals surface area (Å²) in [4.78, 5) is 24.0. The predicted molar refractivity (Wildman–Crippen MR) is 133 cm³/mol. The molecule has 1 saturated heterocycles. The summed E-state index contributed by atoms with van der Waals surface area (Å²) in [6.07, 6.45) is 2.58. The highest BCUT2D eigenvalue weighted by Crippen LogP contribution is 2.34. The van der Waals surface area contributed by atoms with Gasteiger partial charge >= 0.3 is 6.55 Å². The highest BCUT2D eigenvalue weighted by Gasteiger charge is 2.30. The Bertz CT molecular complexity index is 1630. The Labute approximate surface area is 210 Å². The van der Waals surface area contributed by atoms with Crippen LogP contribution >= 0.6 is 0 Å². The van der Waals surface area contributed by atoms with E-state index in [1.165, 1.54) is 18.3 Å². The number of imidazole rings is 1. The summed E-state index contributed by atoms with van der Waals surface area (Å²) >= 11 is 0. The van der Waals surface area contributed by atoms with Crippen molar-refractivity contribution in [3.63, 3.8) is 0 Å². The van der Waals surface area contributed by atoms with E-state index in [9.17, 15) is 18.0 Å². The second-order valence-corrected chi connectivity index (χ2v) is 9.25. The molecule has 0 saturated carbocycles. The normalized spacial score (nSPS) is 14.8. The molecule has 2 aromatic carbocycles. The molecule has 0 N–H and O–H groups in total. The fraction of sp³-hybridized carbons (Fsp3) is 0.259. The summed E-state index contributed by atoms with van der Waals surface area (Å²) in [7, 11) is 1.75. The van der Waals surface area contributed by atoms with Gasteiger partial charge in [0.1, 0.15) is 22.9 Å². The SMILES string of the molecule is Cn1nc(-c2cccc(F)c2)c2ncc(C(=O)N3CCC(c4nc5ccccc5n4C(F)F)CC3)cc21. The molecule has 1 fully saturated rings. The topological polar surface area (TPSA) is 68.8 Å². The van der Waals surface area contributed by atoms with E-state index in [2.05, 4.69) is 15.1 Å². The standard InChI is InChI=1S/C27H23F3N6O/c1-34-22-14-18(15-31-24(22)23(33-34)17-5-4-6-19(28)13-17)26(37)35-11-9-16(10-12-35)25-32-20-7-2-3-8-21(20)36(25)27(29)30/h2-8,13-16,27H,9-12H2,1H3. The van der Waals surface area contributed by atoms with E-state index < -0.39 is 6.55 Å². The number of carbonyl (C=O) groups excluding carboxylic acids is 1. The van der Waals surface area contributed by atoms with Gasteiger partial charge in [0.2, 0.25) is 0 Å². The number of alkyl halides is 2. The maximum atomic E-state index is 13.9. The van der Waals surface area contributed by atoms with Gasteiger partial charge in [-0.15, -0.1) is 0 Å². The van der Waals surface area contributed by atoms with E-state index in [1.807, 2.05) is 0 Å². The Morgan fingerprint density at radius 1 is 1.03 bits per heavy atom. The van der Waals surface area contributed by atoms with E-state index in [0.29, 0.717) is 70.6 Å². The van der Waals surface area contributed by atoms with Crippen molar-refractivity contribution in [2.24, 2.45) is 7.05 Å². The summed E-state index contributed by atoms with van der Waals surface area (Å²) in [5, 5.41) is 4.49. The molecule has 188 valence electrons. The van der Waals surface area contributed by atoms with Crippen LogP contribution in [-0.4, -0.2) is 48.2 Å². The highest BCUT2D eigenvalue weighted by molar-refractivity contribution is 5.99. The van der Waals surface area contributed by atoms with Crippen molar-refractivity contribution in [1.29, 1.82) is 0 Å². The van der Waals surface area contributed by atoms with E-state index in [1.54, 1.807) is 59.1 Å². The molecule has 0 radical (unpaired) electrons. The number of rotatable bonds is 4. The van der Waals surface area contributed by atoms with Gasteiger partial charge in [0.05, 0.1) is 22.1 Å². The summed E-state index contributed by atoms with van der Waals surface area (Å²) in [5.41, 5.74) is 3.76. The molecular formula is C27H23F3N6O. The van der Waals surface area contributed by atoms with E-state index in [-0.39, 0.29) is 17.6 Å². The van der Waals surface area contributed by atoms with Gasteiger partial charge in [0, 0.05) is 37.8 Å². The Morgan fingerprint density at radius 3 is 2.57 bits per heavy atom. The minimum atomic E-state index is -2.68. The lowest BCUT2D eigenvalue weighted by Gasteiger charge is -2.32. The lowest BCUT2D eigenvalue weighted by atomic mass is 9.95. The average Bonchev–Trinajstić information content (AvgIpc) is 3.46. The molecule has 0 unspecified atom stereocenters. The first-order valence-electron chi connectivity index (χ1n) is 12.0. The molecule has 3 aromatic heterocycles. The molecule has 0 spiro atoms. The van der Waals surface area contributed by atoms with Crippen molar-refractivity contribution in [2.75, 3.05) is 13.1 Å². The number of halogens is 3. The van der Waals surface area contributed by atoms with Crippen LogP contribution in [0, 0.1) is 5.82 Å². The lowest BCUT2D eigenvalue weighted by molar-refractivity contribution is 0.0634. The van der Waals surface area contributed by atoms with Crippen LogP contribution in [-0.2, 0) is 7.05 Å². The number of piperidine rings is 1. The van der Waals surface area contributed by atoms with Crippen LogP contribution in [0.3, 0.4) is 0 Å². The van der Waals surface area contributed by atoms with Gasteiger partial charge in [-0.3, -0.25) is 19.0 Å². The van der Waals surface area contributed by atoms with Crippen LogP contribution in [0.5, 0.6) is 0 Å². The maximum absolute atomic E-state index is 13.9. The quantitative estimate of drug-likeness (QED) is 0.322. The molecule has 10 heteroatoms. The van der Waals surface area contributed by atoms with Crippen LogP contribution in [0.1, 0.15) is 41.5 Å². The van der Waals surface area contributed by atoms with E-state index >= 15 is 0 Å². The molecule has 1 aliphatic heterocycles. The maximum Gasteiger partial charge on any atom is 0.320 e. The second-order valence-electron chi connectivity index (χ2n) is 9.25. The molecule has 6 rings (SSSR count). The van der Waals surface area contributed by atoms with Crippen LogP contribution in [0.4, 0.5) is 13.2 Å². The summed E-state index contributed by atoms with van der Waals surface area (Å²) in [6.45, 7) is -1.84. The van der Waals surface area contributed by atoms with Crippen molar-refractivity contribution >= 4 is 28.0 Å². The third-order valence-electron chi connectivity index (χ3n) is 7.00. The van der Waals surface area contributed by atoms with Gasteiger partial charge in [-0.2, -0.15) is 13.9 Å². The van der Waals surface area contributed by atoms with Crippen molar-refractivity contribution in [3.05, 3.63) is 78.0 Å². The van der Waals surface area contributed by atoms with E-state index in [4.69, 9.17) is 0 Å². The molecule has 37 heavy (non-hydrogen) atoms. The van der Waals surface area contributed by atoms with Gasteiger partial charge in [0.25, 0.3) is 5.91 Å². The minimum Gasteiger partial charge on any atom is -0.339 e. The number of fused-ring (bicyclic) bond motifs is 2. The first-order valence-corrected chi connectivity index (χ1v) is 12.0.